The Morgan fingerprint density at radius 2 is 2.10 bits per heavy atom. The van der Waals surface area contributed by atoms with E-state index in [4.69, 9.17) is 5.73 Å². The van der Waals surface area contributed by atoms with E-state index in [1.165, 1.54) is 0 Å². The summed E-state index contributed by atoms with van der Waals surface area (Å²) >= 11 is 0. The second-order valence-corrected chi connectivity index (χ2v) is 5.68. The average Bonchev–Trinajstić information content (AvgIpc) is 2.89. The van der Waals surface area contributed by atoms with Gasteiger partial charge in [-0.2, -0.15) is 4.98 Å². The second-order valence-electron chi connectivity index (χ2n) is 5.68. The average molecular weight is 273 g/mol. The molecule has 0 spiro atoms. The van der Waals surface area contributed by atoms with Crippen LogP contribution in [0.25, 0.3) is 5.65 Å². The maximum absolute atomic E-state index is 6.02. The SMILES string of the molecule is CCCN(c1nc2ccccn2n1)C1CCC(N)CC1. The molecule has 0 radical (unpaired) electrons. The van der Waals surface area contributed by atoms with Crippen molar-refractivity contribution in [2.75, 3.05) is 11.4 Å². The van der Waals surface area contributed by atoms with Crippen LogP contribution in [0, 0.1) is 0 Å². The normalized spacial score (nSPS) is 23.1. The molecule has 1 saturated carbocycles. The van der Waals surface area contributed by atoms with Gasteiger partial charge in [-0.05, 0) is 44.2 Å². The first kappa shape index (κ1) is 13.4. The van der Waals surface area contributed by atoms with Crippen LogP contribution in [0.2, 0.25) is 0 Å². The van der Waals surface area contributed by atoms with Crippen molar-refractivity contribution >= 4 is 11.6 Å². The molecule has 2 aromatic rings. The second kappa shape index (κ2) is 5.79. The van der Waals surface area contributed by atoms with Gasteiger partial charge < -0.3 is 10.6 Å². The van der Waals surface area contributed by atoms with Crippen LogP contribution in [0.3, 0.4) is 0 Å². The molecule has 2 aromatic heterocycles. The molecule has 20 heavy (non-hydrogen) atoms. The van der Waals surface area contributed by atoms with Gasteiger partial charge in [-0.1, -0.05) is 13.0 Å². The van der Waals surface area contributed by atoms with Crippen molar-refractivity contribution in [3.05, 3.63) is 24.4 Å². The van der Waals surface area contributed by atoms with Crippen molar-refractivity contribution < 1.29 is 0 Å². The van der Waals surface area contributed by atoms with Gasteiger partial charge in [-0.15, -0.1) is 5.10 Å². The first-order chi connectivity index (χ1) is 9.78. The molecular weight excluding hydrogens is 250 g/mol. The molecule has 108 valence electrons. The minimum Gasteiger partial charge on any atom is -0.337 e. The van der Waals surface area contributed by atoms with Gasteiger partial charge in [0.15, 0.2) is 5.65 Å². The van der Waals surface area contributed by atoms with Crippen molar-refractivity contribution in [2.24, 2.45) is 5.73 Å². The van der Waals surface area contributed by atoms with E-state index in [-0.39, 0.29) is 0 Å². The molecule has 2 N–H and O–H groups in total. The van der Waals surface area contributed by atoms with Crippen LogP contribution in [0.5, 0.6) is 0 Å². The summed E-state index contributed by atoms with van der Waals surface area (Å²) in [5, 5.41) is 4.63. The summed E-state index contributed by atoms with van der Waals surface area (Å²) < 4.78 is 1.85. The fraction of sp³-hybridized carbons (Fsp3) is 0.600. The number of fused-ring (bicyclic) bond motifs is 1. The highest BCUT2D eigenvalue weighted by molar-refractivity contribution is 5.45. The van der Waals surface area contributed by atoms with E-state index in [1.807, 2.05) is 28.9 Å². The van der Waals surface area contributed by atoms with E-state index in [0.29, 0.717) is 12.1 Å². The molecule has 0 unspecified atom stereocenters. The maximum atomic E-state index is 6.02. The van der Waals surface area contributed by atoms with Crippen LogP contribution >= 0.6 is 0 Å². The summed E-state index contributed by atoms with van der Waals surface area (Å²) in [6, 6.07) is 6.89. The van der Waals surface area contributed by atoms with Crippen molar-refractivity contribution in [2.45, 2.75) is 51.1 Å². The summed E-state index contributed by atoms with van der Waals surface area (Å²) in [6.07, 6.45) is 7.58. The lowest BCUT2D eigenvalue weighted by Gasteiger charge is -2.35. The van der Waals surface area contributed by atoms with Crippen LogP contribution in [0.15, 0.2) is 24.4 Å². The molecule has 3 rings (SSSR count). The zero-order valence-corrected chi connectivity index (χ0v) is 12.1. The summed E-state index contributed by atoms with van der Waals surface area (Å²) in [4.78, 5) is 7.05. The molecule has 1 aliphatic rings. The van der Waals surface area contributed by atoms with E-state index in [9.17, 15) is 0 Å². The first-order valence-corrected chi connectivity index (χ1v) is 7.61. The Bertz CT molecular complexity index is 523. The minimum absolute atomic E-state index is 0.378. The Labute approximate surface area is 119 Å². The van der Waals surface area contributed by atoms with Crippen LogP contribution in [0.1, 0.15) is 39.0 Å². The Balaban J connectivity index is 1.85. The number of nitrogens with two attached hydrogens (primary N) is 1. The predicted molar refractivity (Wildman–Crippen MR) is 80.9 cm³/mol. The molecule has 5 nitrogen and oxygen atoms in total. The number of nitrogens with zero attached hydrogens (tertiary/aromatic N) is 4. The third-order valence-corrected chi connectivity index (χ3v) is 4.13. The number of aromatic nitrogens is 3. The van der Waals surface area contributed by atoms with Crippen LogP contribution in [0.4, 0.5) is 5.95 Å². The van der Waals surface area contributed by atoms with Crippen LogP contribution in [-0.2, 0) is 0 Å². The number of anilines is 1. The van der Waals surface area contributed by atoms with Gasteiger partial charge in [0.05, 0.1) is 0 Å². The molecule has 5 heteroatoms. The monoisotopic (exact) mass is 273 g/mol. The molecule has 1 aliphatic carbocycles. The molecule has 2 heterocycles. The summed E-state index contributed by atoms with van der Waals surface area (Å²) in [6.45, 7) is 3.22. The van der Waals surface area contributed by atoms with Crippen molar-refractivity contribution in [3.8, 4) is 0 Å². The van der Waals surface area contributed by atoms with E-state index in [2.05, 4.69) is 21.9 Å². The highest BCUT2D eigenvalue weighted by Gasteiger charge is 2.26. The number of hydrogen-bond donors (Lipinski definition) is 1. The largest absolute Gasteiger partial charge is 0.337 e. The lowest BCUT2D eigenvalue weighted by molar-refractivity contribution is 0.372. The van der Waals surface area contributed by atoms with E-state index in [0.717, 1.165) is 50.2 Å². The van der Waals surface area contributed by atoms with Gasteiger partial charge in [0, 0.05) is 24.8 Å². The molecular formula is C15H23N5. The molecule has 0 atom stereocenters. The fourth-order valence-corrected chi connectivity index (χ4v) is 3.04. The Hall–Kier alpha value is -1.62. The molecule has 0 aliphatic heterocycles. The number of hydrogen-bond acceptors (Lipinski definition) is 4. The number of rotatable bonds is 4. The predicted octanol–water partition coefficient (Wildman–Crippen LogP) is 2.22. The van der Waals surface area contributed by atoms with Gasteiger partial charge >= 0.3 is 0 Å². The van der Waals surface area contributed by atoms with Crippen molar-refractivity contribution in [1.29, 1.82) is 0 Å². The van der Waals surface area contributed by atoms with Gasteiger partial charge in [0.1, 0.15) is 0 Å². The zero-order valence-electron chi connectivity index (χ0n) is 12.1. The molecule has 0 bridgehead atoms. The Morgan fingerprint density at radius 1 is 1.30 bits per heavy atom. The highest BCUT2D eigenvalue weighted by atomic mass is 15.4. The molecule has 0 amide bonds. The zero-order chi connectivity index (χ0) is 13.9. The molecule has 0 saturated heterocycles. The molecule has 0 aromatic carbocycles. The minimum atomic E-state index is 0.378. The Morgan fingerprint density at radius 3 is 2.80 bits per heavy atom. The summed E-state index contributed by atoms with van der Waals surface area (Å²) in [5.41, 5.74) is 6.93. The lowest BCUT2D eigenvalue weighted by Crippen LogP contribution is -2.42. The summed E-state index contributed by atoms with van der Waals surface area (Å²) in [7, 11) is 0. The molecule has 1 fully saturated rings. The smallest absolute Gasteiger partial charge is 0.245 e. The van der Waals surface area contributed by atoms with Crippen molar-refractivity contribution in [1.82, 2.24) is 14.6 Å². The first-order valence-electron chi connectivity index (χ1n) is 7.61. The number of pyridine rings is 1. The van der Waals surface area contributed by atoms with E-state index in [1.54, 1.807) is 0 Å². The highest BCUT2D eigenvalue weighted by Crippen LogP contribution is 2.25. The van der Waals surface area contributed by atoms with Crippen LogP contribution < -0.4 is 10.6 Å². The quantitative estimate of drug-likeness (QED) is 0.928. The van der Waals surface area contributed by atoms with Crippen molar-refractivity contribution in [3.63, 3.8) is 0 Å². The third-order valence-electron chi connectivity index (χ3n) is 4.13. The topological polar surface area (TPSA) is 59.5 Å². The van der Waals surface area contributed by atoms with Gasteiger partial charge in [0.25, 0.3) is 0 Å². The fourth-order valence-electron chi connectivity index (χ4n) is 3.04. The van der Waals surface area contributed by atoms with Crippen LogP contribution in [-0.4, -0.2) is 33.2 Å². The maximum Gasteiger partial charge on any atom is 0.245 e. The van der Waals surface area contributed by atoms with Gasteiger partial charge in [0.2, 0.25) is 5.95 Å². The van der Waals surface area contributed by atoms with E-state index >= 15 is 0 Å². The van der Waals surface area contributed by atoms with E-state index < -0.39 is 0 Å². The lowest BCUT2D eigenvalue weighted by atomic mass is 9.91. The Kier molecular flexibility index (Phi) is 3.87. The third kappa shape index (κ3) is 2.63. The standard InChI is InChI=1S/C15H23N5/c1-2-10-19(13-8-6-12(16)7-9-13)15-17-14-5-3-4-11-20(14)18-15/h3-5,11-13H,2,6-10,16H2,1H3. The van der Waals surface area contributed by atoms with Gasteiger partial charge in [-0.25, -0.2) is 4.52 Å². The summed E-state index contributed by atoms with van der Waals surface area (Å²) in [5.74, 6) is 0.860. The van der Waals surface area contributed by atoms with Gasteiger partial charge in [-0.3, -0.25) is 0 Å².